The van der Waals surface area contributed by atoms with Gasteiger partial charge in [0.25, 0.3) is 0 Å². The van der Waals surface area contributed by atoms with Gasteiger partial charge in [0.15, 0.2) is 12.2 Å². The van der Waals surface area contributed by atoms with E-state index in [1.807, 2.05) is 72.8 Å². The smallest absolute Gasteiger partial charge is 0.338 e. The molecule has 0 radical (unpaired) electrons. The molecule has 1 fully saturated rings. The Kier molecular flexibility index (Phi) is 12.8. The van der Waals surface area contributed by atoms with E-state index in [1.165, 1.54) is 0 Å². The average Bonchev–Trinajstić information content (AvgIpc) is 3.14. The Morgan fingerprint density at radius 2 is 0.771 bits per heavy atom. The first-order valence-corrected chi connectivity index (χ1v) is 15.9. The standard InChI is InChI=1S/C40H40O8/c1-3-25-43-33-34(44-26-4-2)36(46-28-30-19-11-6-12-20-30)38(48-40(42)32-23-15-8-16-24-32)37(47-39(41)31-21-13-7-14-22-31)35(33)45-27-29-17-9-5-10-18-29/h3-24,33-38H,1-2,25-28H2/t33-,34-,35+,36+,37+,38+/m0/s1. The maximum atomic E-state index is 13.7. The van der Waals surface area contributed by atoms with Crippen LogP contribution in [0.25, 0.3) is 0 Å². The molecular formula is C40H40O8. The van der Waals surface area contributed by atoms with Crippen LogP contribution in [0.5, 0.6) is 0 Å². The predicted molar refractivity (Wildman–Crippen MR) is 181 cm³/mol. The molecule has 0 aromatic heterocycles. The fourth-order valence-corrected chi connectivity index (χ4v) is 5.57. The van der Waals surface area contributed by atoms with Crippen molar-refractivity contribution in [1.82, 2.24) is 0 Å². The molecule has 0 N–H and O–H groups in total. The minimum absolute atomic E-state index is 0.142. The Labute approximate surface area is 281 Å². The Bertz CT molecular complexity index is 1460. The maximum Gasteiger partial charge on any atom is 0.338 e. The molecule has 0 amide bonds. The maximum absolute atomic E-state index is 13.7. The van der Waals surface area contributed by atoms with Gasteiger partial charge in [0.2, 0.25) is 0 Å². The van der Waals surface area contributed by atoms with Gasteiger partial charge in [-0.2, -0.15) is 0 Å². The second-order valence-corrected chi connectivity index (χ2v) is 11.2. The molecule has 0 unspecified atom stereocenters. The summed E-state index contributed by atoms with van der Waals surface area (Å²) in [6.45, 7) is 8.26. The largest absolute Gasteiger partial charge is 0.452 e. The molecular weight excluding hydrogens is 608 g/mol. The monoisotopic (exact) mass is 648 g/mol. The number of hydrogen-bond acceptors (Lipinski definition) is 8. The van der Waals surface area contributed by atoms with Gasteiger partial charge in [-0.25, -0.2) is 9.59 Å². The molecule has 1 aliphatic carbocycles. The normalized spacial score (nSPS) is 21.9. The van der Waals surface area contributed by atoms with Crippen molar-refractivity contribution in [2.75, 3.05) is 13.2 Å². The minimum atomic E-state index is -1.17. The summed E-state index contributed by atoms with van der Waals surface area (Å²) in [6.07, 6.45) is -2.71. The van der Waals surface area contributed by atoms with E-state index in [-0.39, 0.29) is 26.4 Å². The zero-order valence-electron chi connectivity index (χ0n) is 26.7. The molecule has 5 rings (SSSR count). The predicted octanol–water partition coefficient (Wildman–Crippen LogP) is 6.76. The Hall–Kier alpha value is -4.86. The highest BCUT2D eigenvalue weighted by Gasteiger charge is 2.57. The summed E-state index contributed by atoms with van der Waals surface area (Å²) >= 11 is 0. The quantitative estimate of drug-likeness (QED) is 0.0973. The molecule has 8 heteroatoms. The third-order valence-electron chi connectivity index (χ3n) is 7.83. The lowest BCUT2D eigenvalue weighted by atomic mass is 9.83. The van der Waals surface area contributed by atoms with Gasteiger partial charge < -0.3 is 28.4 Å². The zero-order chi connectivity index (χ0) is 33.6. The Balaban J connectivity index is 1.60. The topological polar surface area (TPSA) is 89.5 Å². The summed E-state index contributed by atoms with van der Waals surface area (Å²) in [5.74, 6) is -1.24. The molecule has 0 aliphatic heterocycles. The van der Waals surface area contributed by atoms with Crippen molar-refractivity contribution in [3.05, 3.63) is 169 Å². The van der Waals surface area contributed by atoms with Crippen LogP contribution in [0.15, 0.2) is 147 Å². The molecule has 248 valence electrons. The van der Waals surface area contributed by atoms with Crippen LogP contribution in [-0.4, -0.2) is 61.8 Å². The van der Waals surface area contributed by atoms with Crippen molar-refractivity contribution in [3.63, 3.8) is 0 Å². The first kappa shape index (κ1) is 34.5. The van der Waals surface area contributed by atoms with Gasteiger partial charge in [-0.05, 0) is 35.4 Å². The van der Waals surface area contributed by atoms with E-state index < -0.39 is 48.6 Å². The number of carbonyl (C=O) groups excluding carboxylic acids is 2. The molecule has 0 saturated heterocycles. The third-order valence-corrected chi connectivity index (χ3v) is 7.83. The SMILES string of the molecule is C=CCO[C@H]1[C@H](OCC=C)[C@@H](OCc2ccccc2)[C@@H](OC(=O)c2ccccc2)[C@H](OC(=O)c2ccccc2)[C@@H]1OCc1ccccc1. The molecule has 4 aromatic rings. The summed E-state index contributed by atoms with van der Waals surface area (Å²) in [5.41, 5.74) is 2.42. The summed E-state index contributed by atoms with van der Waals surface area (Å²) in [7, 11) is 0. The zero-order valence-corrected chi connectivity index (χ0v) is 26.7. The van der Waals surface area contributed by atoms with E-state index in [0.29, 0.717) is 11.1 Å². The molecule has 1 saturated carbocycles. The molecule has 6 atom stereocenters. The van der Waals surface area contributed by atoms with Gasteiger partial charge in [-0.3, -0.25) is 0 Å². The van der Waals surface area contributed by atoms with Crippen LogP contribution >= 0.6 is 0 Å². The van der Waals surface area contributed by atoms with Gasteiger partial charge in [-0.1, -0.05) is 109 Å². The van der Waals surface area contributed by atoms with Gasteiger partial charge in [0, 0.05) is 0 Å². The Morgan fingerprint density at radius 3 is 1.10 bits per heavy atom. The van der Waals surface area contributed by atoms with Gasteiger partial charge in [0.1, 0.15) is 24.4 Å². The molecule has 0 bridgehead atoms. The molecule has 48 heavy (non-hydrogen) atoms. The van der Waals surface area contributed by atoms with E-state index in [0.717, 1.165) is 11.1 Å². The highest BCUT2D eigenvalue weighted by Crippen LogP contribution is 2.36. The number of esters is 2. The fraction of sp³-hybridized carbons (Fsp3) is 0.250. The summed E-state index contributed by atoms with van der Waals surface area (Å²) in [6, 6.07) is 36.4. The average molecular weight is 649 g/mol. The van der Waals surface area contributed by atoms with Crippen LogP contribution in [0.4, 0.5) is 0 Å². The van der Waals surface area contributed by atoms with Crippen molar-refractivity contribution < 1.29 is 38.0 Å². The third kappa shape index (κ3) is 9.14. The van der Waals surface area contributed by atoms with E-state index in [1.54, 1.807) is 60.7 Å². The fourth-order valence-electron chi connectivity index (χ4n) is 5.57. The van der Waals surface area contributed by atoms with E-state index in [9.17, 15) is 9.59 Å². The van der Waals surface area contributed by atoms with Crippen LogP contribution in [0.1, 0.15) is 31.8 Å². The molecule has 0 spiro atoms. The highest BCUT2D eigenvalue weighted by atomic mass is 16.6. The van der Waals surface area contributed by atoms with Gasteiger partial charge >= 0.3 is 11.9 Å². The number of benzene rings is 4. The van der Waals surface area contributed by atoms with Gasteiger partial charge in [0.05, 0.1) is 37.6 Å². The van der Waals surface area contributed by atoms with Crippen LogP contribution < -0.4 is 0 Å². The van der Waals surface area contributed by atoms with Crippen LogP contribution in [0.3, 0.4) is 0 Å². The minimum Gasteiger partial charge on any atom is -0.452 e. The van der Waals surface area contributed by atoms with E-state index in [4.69, 9.17) is 28.4 Å². The van der Waals surface area contributed by atoms with E-state index >= 15 is 0 Å². The lowest BCUT2D eigenvalue weighted by Gasteiger charge is -2.48. The number of ether oxygens (including phenoxy) is 6. The summed E-state index contributed by atoms with van der Waals surface area (Å²) < 4.78 is 38.4. The van der Waals surface area contributed by atoms with Crippen LogP contribution in [-0.2, 0) is 41.6 Å². The van der Waals surface area contributed by atoms with Crippen LogP contribution in [0.2, 0.25) is 0 Å². The first-order chi connectivity index (χ1) is 23.6. The van der Waals surface area contributed by atoms with Crippen molar-refractivity contribution in [1.29, 1.82) is 0 Å². The lowest BCUT2D eigenvalue weighted by molar-refractivity contribution is -0.265. The number of carbonyl (C=O) groups is 2. The van der Waals surface area contributed by atoms with Crippen molar-refractivity contribution in [3.8, 4) is 0 Å². The molecule has 0 heterocycles. The van der Waals surface area contributed by atoms with Crippen molar-refractivity contribution in [2.24, 2.45) is 0 Å². The first-order valence-electron chi connectivity index (χ1n) is 15.9. The molecule has 8 nitrogen and oxygen atoms in total. The second-order valence-electron chi connectivity index (χ2n) is 11.2. The summed E-state index contributed by atoms with van der Waals surface area (Å²) in [5, 5.41) is 0. The van der Waals surface area contributed by atoms with Crippen LogP contribution in [0, 0.1) is 0 Å². The second kappa shape index (κ2) is 17.9. The van der Waals surface area contributed by atoms with Crippen molar-refractivity contribution >= 4 is 11.9 Å². The van der Waals surface area contributed by atoms with Gasteiger partial charge in [-0.15, -0.1) is 13.2 Å². The lowest BCUT2D eigenvalue weighted by Crippen LogP contribution is -2.68. The Morgan fingerprint density at radius 1 is 0.458 bits per heavy atom. The number of hydrogen-bond donors (Lipinski definition) is 0. The number of rotatable bonds is 16. The molecule has 4 aromatic carbocycles. The van der Waals surface area contributed by atoms with Crippen molar-refractivity contribution in [2.45, 2.75) is 49.8 Å². The molecule has 1 aliphatic rings. The highest BCUT2D eigenvalue weighted by molar-refractivity contribution is 5.90. The summed E-state index contributed by atoms with van der Waals surface area (Å²) in [4.78, 5) is 27.5. The van der Waals surface area contributed by atoms with E-state index in [2.05, 4.69) is 13.2 Å².